The van der Waals surface area contributed by atoms with E-state index in [1.807, 2.05) is 24.3 Å². The van der Waals surface area contributed by atoms with Crippen LogP contribution in [0.25, 0.3) is 11.1 Å². The third-order valence-electron chi connectivity index (χ3n) is 5.02. The van der Waals surface area contributed by atoms with Crippen LogP contribution in [0.4, 0.5) is 0 Å². The third-order valence-corrected chi connectivity index (χ3v) is 5.54. The van der Waals surface area contributed by atoms with Crippen LogP contribution in [0.15, 0.2) is 73.0 Å². The number of aliphatic hydroxyl groups excluding tert-OH is 1. The van der Waals surface area contributed by atoms with E-state index in [0.717, 1.165) is 10.0 Å². The number of pyridine rings is 1. The van der Waals surface area contributed by atoms with E-state index < -0.39 is 17.4 Å². The highest BCUT2D eigenvalue weighted by molar-refractivity contribution is 9.10. The molecule has 3 aromatic heterocycles. The number of aliphatic hydroxyl groups is 1. The molecule has 1 unspecified atom stereocenters. The Labute approximate surface area is 192 Å². The van der Waals surface area contributed by atoms with E-state index in [2.05, 4.69) is 26.6 Å². The zero-order valence-corrected chi connectivity index (χ0v) is 18.9. The van der Waals surface area contributed by atoms with E-state index in [0.29, 0.717) is 35.7 Å². The van der Waals surface area contributed by atoms with Gasteiger partial charge in [-0.1, -0.05) is 28.1 Å². The van der Waals surface area contributed by atoms with Crippen LogP contribution in [0.5, 0.6) is 0 Å². The van der Waals surface area contributed by atoms with Gasteiger partial charge in [0.05, 0.1) is 18.2 Å². The highest BCUT2D eigenvalue weighted by Gasteiger charge is 2.18. The summed E-state index contributed by atoms with van der Waals surface area (Å²) in [4.78, 5) is 25.6. The molecular formula is C23H22BrN3O5. The summed E-state index contributed by atoms with van der Waals surface area (Å²) in [7, 11) is 1.72. The lowest BCUT2D eigenvalue weighted by atomic mass is 10.2. The number of aryl methyl sites for hydroxylation is 1. The number of nitrogens with one attached hydrogen (secondary N) is 2. The van der Waals surface area contributed by atoms with Gasteiger partial charge in [0.1, 0.15) is 23.2 Å². The number of aromatic nitrogens is 1. The Balaban J connectivity index is 1.45. The largest absolute Gasteiger partial charge is 0.467 e. The Morgan fingerprint density at radius 3 is 2.72 bits per heavy atom. The minimum absolute atomic E-state index is 0.0469. The molecule has 9 heteroatoms. The summed E-state index contributed by atoms with van der Waals surface area (Å²) < 4.78 is 13.5. The fourth-order valence-corrected chi connectivity index (χ4v) is 3.62. The molecule has 0 aliphatic heterocycles. The number of hydrogen-bond acceptors (Lipinski definition) is 6. The van der Waals surface area contributed by atoms with E-state index >= 15 is 0 Å². The molecule has 3 N–H and O–H groups in total. The van der Waals surface area contributed by atoms with E-state index in [4.69, 9.17) is 8.83 Å². The van der Waals surface area contributed by atoms with E-state index in [-0.39, 0.29) is 12.1 Å². The van der Waals surface area contributed by atoms with Crippen molar-refractivity contribution in [3.8, 4) is 0 Å². The zero-order valence-electron chi connectivity index (χ0n) is 17.3. The van der Waals surface area contributed by atoms with E-state index in [1.165, 1.54) is 12.5 Å². The predicted octanol–water partition coefficient (Wildman–Crippen LogP) is 3.24. The van der Waals surface area contributed by atoms with Gasteiger partial charge in [0.2, 0.25) is 11.1 Å². The number of fused-ring (bicyclic) bond motifs is 1. The van der Waals surface area contributed by atoms with Gasteiger partial charge in [-0.15, -0.1) is 0 Å². The van der Waals surface area contributed by atoms with Crippen LogP contribution in [-0.2, 0) is 20.1 Å². The Morgan fingerprint density at radius 2 is 2.00 bits per heavy atom. The number of benzene rings is 1. The quantitative estimate of drug-likeness (QED) is 0.343. The molecule has 8 nitrogen and oxygen atoms in total. The Hall–Kier alpha value is -3.14. The maximum Gasteiger partial charge on any atom is 0.257 e. The van der Waals surface area contributed by atoms with Gasteiger partial charge in [0, 0.05) is 30.8 Å². The first-order valence-corrected chi connectivity index (χ1v) is 10.8. The number of hydrogen-bond donors (Lipinski definition) is 3. The van der Waals surface area contributed by atoms with Crippen molar-refractivity contribution in [3.63, 3.8) is 0 Å². The number of halogens is 1. The molecule has 0 aliphatic carbocycles. The molecule has 4 rings (SSSR count). The summed E-state index contributed by atoms with van der Waals surface area (Å²) in [5.74, 6) is 0.541. The minimum Gasteiger partial charge on any atom is -0.467 e. The second-order valence-corrected chi connectivity index (χ2v) is 8.30. The van der Waals surface area contributed by atoms with E-state index in [9.17, 15) is 14.7 Å². The standard InChI is InChI=1S/C23H22BrN3O5/c1-27-13-18(22(30)26-10-14-4-6-15(24)7-5-14)21(29)17-9-16(32-23(17)27)11-25-12-19(28)20-3-2-8-31-20/h2-9,13,19,25,28H,10-12H2,1H3,(H,26,30). The average Bonchev–Trinajstić information content (AvgIpc) is 3.46. The van der Waals surface area contributed by atoms with Crippen LogP contribution in [0, 0.1) is 0 Å². The van der Waals surface area contributed by atoms with Gasteiger partial charge >= 0.3 is 0 Å². The van der Waals surface area contributed by atoms with Crippen molar-refractivity contribution in [1.82, 2.24) is 15.2 Å². The van der Waals surface area contributed by atoms with Crippen molar-refractivity contribution < 1.29 is 18.7 Å². The second kappa shape index (κ2) is 9.56. The molecule has 0 radical (unpaired) electrons. The van der Waals surface area contributed by atoms with Crippen molar-refractivity contribution in [3.05, 3.63) is 92.3 Å². The summed E-state index contributed by atoms with van der Waals surface area (Å²) in [6.07, 6.45) is 2.19. The van der Waals surface area contributed by atoms with Crippen molar-refractivity contribution in [1.29, 1.82) is 0 Å². The Morgan fingerprint density at radius 1 is 1.22 bits per heavy atom. The summed E-state index contributed by atoms with van der Waals surface area (Å²) in [5.41, 5.74) is 0.957. The van der Waals surface area contributed by atoms with Gasteiger partial charge in [0.25, 0.3) is 5.91 Å². The lowest BCUT2D eigenvalue weighted by Crippen LogP contribution is -2.29. The van der Waals surface area contributed by atoms with Gasteiger partial charge in [-0.2, -0.15) is 0 Å². The molecule has 32 heavy (non-hydrogen) atoms. The summed E-state index contributed by atoms with van der Waals surface area (Å²) in [6, 6.07) is 12.6. The maximum absolute atomic E-state index is 12.9. The van der Waals surface area contributed by atoms with Crippen LogP contribution in [0.2, 0.25) is 0 Å². The molecule has 3 heterocycles. The maximum atomic E-state index is 12.9. The average molecular weight is 500 g/mol. The molecule has 0 aliphatic rings. The number of furan rings is 2. The predicted molar refractivity (Wildman–Crippen MR) is 122 cm³/mol. The van der Waals surface area contributed by atoms with Crippen LogP contribution in [0.3, 0.4) is 0 Å². The smallest absolute Gasteiger partial charge is 0.257 e. The molecule has 0 bridgehead atoms. The van der Waals surface area contributed by atoms with E-state index in [1.54, 1.807) is 29.8 Å². The van der Waals surface area contributed by atoms with Crippen molar-refractivity contribution in [2.24, 2.45) is 7.05 Å². The highest BCUT2D eigenvalue weighted by atomic mass is 79.9. The molecular weight excluding hydrogens is 478 g/mol. The number of nitrogens with zero attached hydrogens (tertiary/aromatic N) is 1. The van der Waals surface area contributed by atoms with Gasteiger partial charge in [0.15, 0.2) is 0 Å². The number of carbonyl (C=O) groups is 1. The number of amides is 1. The molecule has 0 spiro atoms. The molecule has 4 aromatic rings. The minimum atomic E-state index is -0.790. The molecule has 0 fully saturated rings. The fraction of sp³-hybridized carbons (Fsp3) is 0.217. The van der Waals surface area contributed by atoms with Crippen LogP contribution < -0.4 is 16.1 Å². The first-order chi connectivity index (χ1) is 15.4. The first-order valence-electron chi connectivity index (χ1n) is 9.99. The molecule has 1 aromatic carbocycles. The summed E-state index contributed by atoms with van der Waals surface area (Å²) in [5, 5.41) is 16.3. The van der Waals surface area contributed by atoms with Crippen molar-refractivity contribution in [2.45, 2.75) is 19.2 Å². The number of carbonyl (C=O) groups excluding carboxylic acids is 1. The first kappa shape index (κ1) is 22.1. The SMILES string of the molecule is Cn1cc(C(=O)NCc2ccc(Br)cc2)c(=O)c2cc(CNCC(O)c3ccco3)oc21. The zero-order chi connectivity index (χ0) is 22.7. The van der Waals surface area contributed by atoms with Crippen LogP contribution in [0.1, 0.15) is 33.5 Å². The van der Waals surface area contributed by atoms with Gasteiger partial charge < -0.3 is 29.1 Å². The monoisotopic (exact) mass is 499 g/mol. The lowest BCUT2D eigenvalue weighted by molar-refractivity contribution is 0.0949. The summed E-state index contributed by atoms with van der Waals surface area (Å²) in [6.45, 7) is 0.869. The van der Waals surface area contributed by atoms with Crippen LogP contribution in [-0.4, -0.2) is 22.1 Å². The Bertz CT molecular complexity index is 1280. The van der Waals surface area contributed by atoms with Gasteiger partial charge in [-0.25, -0.2) is 0 Å². The molecule has 0 saturated heterocycles. The van der Waals surface area contributed by atoms with Crippen molar-refractivity contribution >= 4 is 32.9 Å². The fourth-order valence-electron chi connectivity index (χ4n) is 3.35. The van der Waals surface area contributed by atoms with Gasteiger partial charge in [-0.05, 0) is 35.9 Å². The third kappa shape index (κ3) is 4.85. The van der Waals surface area contributed by atoms with Gasteiger partial charge in [-0.3, -0.25) is 9.59 Å². The van der Waals surface area contributed by atoms with Crippen LogP contribution >= 0.6 is 15.9 Å². The second-order valence-electron chi connectivity index (χ2n) is 7.39. The number of rotatable bonds is 8. The normalized spacial score (nSPS) is 12.2. The lowest BCUT2D eigenvalue weighted by Gasteiger charge is -2.08. The molecule has 1 amide bonds. The van der Waals surface area contributed by atoms with Crippen molar-refractivity contribution in [2.75, 3.05) is 6.54 Å². The molecule has 0 saturated carbocycles. The topological polar surface area (TPSA) is 110 Å². The molecule has 1 atom stereocenters. The summed E-state index contributed by atoms with van der Waals surface area (Å²) >= 11 is 3.37. The molecule has 166 valence electrons. The Kier molecular flexibility index (Phi) is 6.59. The highest BCUT2D eigenvalue weighted by Crippen LogP contribution is 2.18.